The van der Waals surface area contributed by atoms with Gasteiger partial charge < -0.3 is 10.4 Å². The summed E-state index contributed by atoms with van der Waals surface area (Å²) < 4.78 is 37.3. The molecule has 17 heavy (non-hydrogen) atoms. The Labute approximate surface area is 108 Å². The number of alkyl halides is 3. The van der Waals surface area contributed by atoms with E-state index in [-0.39, 0.29) is 5.03 Å². The zero-order valence-electron chi connectivity index (χ0n) is 8.25. The second kappa shape index (κ2) is 4.55. The zero-order chi connectivity index (χ0) is 12.6. The van der Waals surface area contributed by atoms with Crippen molar-refractivity contribution < 1.29 is 18.3 Å². The largest absolute Gasteiger partial charge is 0.418 e. The maximum atomic E-state index is 12.2. The van der Waals surface area contributed by atoms with Crippen molar-refractivity contribution in [3.8, 4) is 0 Å². The number of anilines is 1. The summed E-state index contributed by atoms with van der Waals surface area (Å²) >= 11 is 4.43. The van der Waals surface area contributed by atoms with Crippen LogP contribution in [-0.2, 0) is 0 Å². The first-order chi connectivity index (χ1) is 7.86. The third-order valence-corrected chi connectivity index (χ3v) is 3.59. The van der Waals surface area contributed by atoms with Gasteiger partial charge in [0.2, 0.25) is 0 Å². The van der Waals surface area contributed by atoms with E-state index < -0.39 is 12.3 Å². The summed E-state index contributed by atoms with van der Waals surface area (Å²) in [4.78, 5) is 0.828. The van der Waals surface area contributed by atoms with Crippen molar-refractivity contribution in [2.45, 2.75) is 17.2 Å². The summed E-state index contributed by atoms with van der Waals surface area (Å²) in [7, 11) is 0. The van der Waals surface area contributed by atoms with Crippen molar-refractivity contribution in [3.05, 3.63) is 33.8 Å². The van der Waals surface area contributed by atoms with Crippen molar-refractivity contribution in [1.82, 2.24) is 0 Å². The van der Waals surface area contributed by atoms with Crippen LogP contribution < -0.4 is 5.32 Å². The van der Waals surface area contributed by atoms with E-state index in [1.807, 2.05) is 0 Å². The molecule has 92 valence electrons. The van der Waals surface area contributed by atoms with Gasteiger partial charge in [-0.2, -0.15) is 13.2 Å². The van der Waals surface area contributed by atoms with Crippen molar-refractivity contribution in [2.24, 2.45) is 0 Å². The number of rotatable bonds is 1. The summed E-state index contributed by atoms with van der Waals surface area (Å²) in [6.07, 6.45) is -6.32. The molecule has 2 N–H and O–H groups in total. The molecule has 1 aromatic carbocycles. The Morgan fingerprint density at radius 1 is 1.41 bits per heavy atom. The van der Waals surface area contributed by atoms with Crippen LogP contribution in [0.4, 0.5) is 18.9 Å². The maximum absolute atomic E-state index is 12.2. The van der Waals surface area contributed by atoms with E-state index in [2.05, 4.69) is 21.2 Å². The van der Waals surface area contributed by atoms with Gasteiger partial charge in [-0.3, -0.25) is 0 Å². The van der Waals surface area contributed by atoms with Crippen LogP contribution in [0.1, 0.15) is 0 Å². The highest BCUT2D eigenvalue weighted by atomic mass is 79.9. The lowest BCUT2D eigenvalue weighted by molar-refractivity contribution is -0.187. The summed E-state index contributed by atoms with van der Waals surface area (Å²) in [6.45, 7) is 0. The number of halogens is 4. The highest BCUT2D eigenvalue weighted by Gasteiger charge is 2.37. The van der Waals surface area contributed by atoms with Crippen LogP contribution in [0, 0.1) is 0 Å². The Morgan fingerprint density at radius 2 is 2.12 bits per heavy atom. The first-order valence-electron chi connectivity index (χ1n) is 4.57. The average Bonchev–Trinajstić information content (AvgIpc) is 2.57. The number of hydrogen-bond donors (Lipinski definition) is 2. The third kappa shape index (κ3) is 2.97. The molecule has 0 aromatic heterocycles. The number of hydrogen-bond acceptors (Lipinski definition) is 3. The van der Waals surface area contributed by atoms with Gasteiger partial charge in [-0.1, -0.05) is 27.7 Å². The van der Waals surface area contributed by atoms with E-state index in [9.17, 15) is 13.2 Å². The molecule has 1 unspecified atom stereocenters. The van der Waals surface area contributed by atoms with Gasteiger partial charge in [0.1, 0.15) is 0 Å². The molecule has 1 heterocycles. The Kier molecular flexibility index (Phi) is 3.42. The van der Waals surface area contributed by atoms with Gasteiger partial charge in [0.15, 0.2) is 6.10 Å². The molecule has 2 rings (SSSR count). The van der Waals surface area contributed by atoms with Crippen LogP contribution in [-0.4, -0.2) is 17.4 Å². The minimum absolute atomic E-state index is 0.280. The second-order valence-corrected chi connectivity index (χ2v) is 5.38. The molecule has 1 aliphatic heterocycles. The van der Waals surface area contributed by atoms with Gasteiger partial charge in [0.05, 0.1) is 10.7 Å². The van der Waals surface area contributed by atoms with Crippen molar-refractivity contribution in [3.63, 3.8) is 0 Å². The topological polar surface area (TPSA) is 32.3 Å². The minimum atomic E-state index is -4.63. The SMILES string of the molecule is OC(/C=C1\Nc2cc(Br)ccc2S1)C(F)(F)F. The van der Waals surface area contributed by atoms with Crippen LogP contribution in [0.3, 0.4) is 0 Å². The van der Waals surface area contributed by atoms with E-state index in [0.717, 1.165) is 32.9 Å². The van der Waals surface area contributed by atoms with Gasteiger partial charge in [-0.25, -0.2) is 0 Å². The van der Waals surface area contributed by atoms with Gasteiger partial charge in [-0.15, -0.1) is 0 Å². The van der Waals surface area contributed by atoms with Gasteiger partial charge in [-0.05, 0) is 24.3 Å². The third-order valence-electron chi connectivity index (χ3n) is 2.06. The molecule has 2 nitrogen and oxygen atoms in total. The molecule has 0 fully saturated rings. The number of benzene rings is 1. The Balaban J connectivity index is 2.18. The highest BCUT2D eigenvalue weighted by molar-refractivity contribution is 9.10. The van der Waals surface area contributed by atoms with Crippen LogP contribution in [0.25, 0.3) is 0 Å². The number of thioether (sulfide) groups is 1. The zero-order valence-corrected chi connectivity index (χ0v) is 10.7. The van der Waals surface area contributed by atoms with E-state index >= 15 is 0 Å². The monoisotopic (exact) mass is 325 g/mol. The lowest BCUT2D eigenvalue weighted by Gasteiger charge is -2.10. The molecule has 0 aliphatic carbocycles. The lowest BCUT2D eigenvalue weighted by Crippen LogP contribution is -2.26. The molecular formula is C10H7BrF3NOS. The normalized spacial score (nSPS) is 19.0. The standard InChI is InChI=1S/C10H7BrF3NOS/c11-5-1-2-7-6(3-5)15-9(17-7)4-8(16)10(12,13)14/h1-4,8,15-16H/b9-4+. The highest BCUT2D eigenvalue weighted by Crippen LogP contribution is 2.42. The molecular weight excluding hydrogens is 319 g/mol. The van der Waals surface area contributed by atoms with Gasteiger partial charge in [0, 0.05) is 9.37 Å². The molecule has 7 heteroatoms. The van der Waals surface area contributed by atoms with Crippen LogP contribution in [0.15, 0.2) is 38.7 Å². The summed E-state index contributed by atoms with van der Waals surface area (Å²) in [5.41, 5.74) is 0.727. The Hall–Kier alpha value is -0.660. The molecule has 0 saturated carbocycles. The van der Waals surface area contributed by atoms with E-state index in [0.29, 0.717) is 0 Å². The number of fused-ring (bicyclic) bond motifs is 1. The Morgan fingerprint density at radius 3 is 2.76 bits per heavy atom. The van der Waals surface area contributed by atoms with Crippen molar-refractivity contribution in [2.75, 3.05) is 5.32 Å². The fourth-order valence-corrected chi connectivity index (χ4v) is 2.59. The minimum Gasteiger partial charge on any atom is -0.380 e. The lowest BCUT2D eigenvalue weighted by atomic mass is 10.3. The fourth-order valence-electron chi connectivity index (χ4n) is 1.28. The first kappa shape index (κ1) is 12.8. The smallest absolute Gasteiger partial charge is 0.380 e. The Bertz CT molecular complexity index is 475. The quantitative estimate of drug-likeness (QED) is 0.825. The predicted molar refractivity (Wildman–Crippen MR) is 63.8 cm³/mol. The van der Waals surface area contributed by atoms with E-state index in [1.54, 1.807) is 18.2 Å². The number of aliphatic hydroxyl groups is 1. The molecule has 1 atom stereocenters. The van der Waals surface area contributed by atoms with E-state index in [4.69, 9.17) is 5.11 Å². The number of nitrogens with one attached hydrogen (secondary N) is 1. The first-order valence-corrected chi connectivity index (χ1v) is 6.18. The van der Waals surface area contributed by atoms with Crippen molar-refractivity contribution >= 4 is 33.4 Å². The molecule has 1 aromatic rings. The summed E-state index contributed by atoms with van der Waals surface area (Å²) in [5, 5.41) is 12.0. The fraction of sp³-hybridized carbons (Fsp3) is 0.200. The van der Waals surface area contributed by atoms with Gasteiger partial charge >= 0.3 is 6.18 Å². The molecule has 1 aliphatic rings. The molecule has 0 radical (unpaired) electrons. The van der Waals surface area contributed by atoms with E-state index in [1.165, 1.54) is 0 Å². The van der Waals surface area contributed by atoms with Crippen molar-refractivity contribution in [1.29, 1.82) is 0 Å². The second-order valence-electron chi connectivity index (χ2n) is 3.38. The average molecular weight is 326 g/mol. The van der Waals surface area contributed by atoms with Crippen LogP contribution in [0.5, 0.6) is 0 Å². The summed E-state index contributed by atoms with van der Waals surface area (Å²) in [5.74, 6) is 0. The molecule has 0 bridgehead atoms. The molecule has 0 spiro atoms. The molecule has 0 saturated heterocycles. The molecule has 0 amide bonds. The van der Waals surface area contributed by atoms with Gasteiger partial charge in [0.25, 0.3) is 0 Å². The van der Waals surface area contributed by atoms with Crippen LogP contribution in [0.2, 0.25) is 0 Å². The number of aliphatic hydroxyl groups excluding tert-OH is 1. The van der Waals surface area contributed by atoms with Crippen LogP contribution >= 0.6 is 27.7 Å². The predicted octanol–water partition coefficient (Wildman–Crippen LogP) is 3.73. The maximum Gasteiger partial charge on any atom is 0.418 e. The summed E-state index contributed by atoms with van der Waals surface area (Å²) in [6, 6.07) is 5.36.